The smallest absolute Gasteiger partial charge is 0.319 e. The minimum Gasteiger partial charge on any atom is -0.329 e. The summed E-state index contributed by atoms with van der Waals surface area (Å²) in [5, 5.41) is 5.05. The van der Waals surface area contributed by atoms with E-state index < -0.39 is 18.5 Å². The number of urea groups is 1. The highest BCUT2D eigenvalue weighted by atomic mass is 35.5. The van der Waals surface area contributed by atoms with E-state index in [1.165, 1.54) is 6.07 Å². The molecule has 0 radical (unpaired) electrons. The molecule has 0 heterocycles. The van der Waals surface area contributed by atoms with Gasteiger partial charge in [-0.2, -0.15) is 5.54 Å². The van der Waals surface area contributed by atoms with Crippen molar-refractivity contribution in [2.24, 2.45) is 0 Å². The third-order valence-corrected chi connectivity index (χ3v) is 1.83. The van der Waals surface area contributed by atoms with E-state index in [0.717, 1.165) is 5.54 Å². The van der Waals surface area contributed by atoms with Gasteiger partial charge in [-0.15, -0.1) is 4.48 Å². The summed E-state index contributed by atoms with van der Waals surface area (Å²) in [6.07, 6.45) is 0. The van der Waals surface area contributed by atoms with Crippen LogP contribution in [0, 0.1) is 0 Å². The standard InChI is InChI=1S/C9H9ClFN3O2/c10-6-2-1-3-7(4-6)13-9(16)12-5-8(15)14-11/h1-4H,5H2,(H,14,15)(H2,12,13,16). The zero-order chi connectivity index (χ0) is 12.0. The molecular formula is C9H9ClFN3O2. The van der Waals surface area contributed by atoms with Gasteiger partial charge in [-0.3, -0.25) is 4.79 Å². The van der Waals surface area contributed by atoms with E-state index in [9.17, 15) is 14.1 Å². The van der Waals surface area contributed by atoms with Crippen molar-refractivity contribution < 1.29 is 14.1 Å². The summed E-state index contributed by atoms with van der Waals surface area (Å²) >= 11 is 5.69. The third kappa shape index (κ3) is 4.14. The number of nitrogens with one attached hydrogen (secondary N) is 3. The molecule has 1 rings (SSSR count). The molecule has 0 aromatic heterocycles. The second-order valence-electron chi connectivity index (χ2n) is 2.84. The molecule has 16 heavy (non-hydrogen) atoms. The van der Waals surface area contributed by atoms with E-state index in [1.807, 2.05) is 0 Å². The van der Waals surface area contributed by atoms with Crippen molar-refractivity contribution in [3.63, 3.8) is 0 Å². The Bertz CT molecular complexity index is 400. The lowest BCUT2D eigenvalue weighted by atomic mass is 10.3. The molecule has 0 aliphatic rings. The molecular weight excluding hydrogens is 237 g/mol. The number of hydrogen-bond donors (Lipinski definition) is 3. The Morgan fingerprint density at radius 3 is 2.75 bits per heavy atom. The van der Waals surface area contributed by atoms with Crippen molar-refractivity contribution in [3.05, 3.63) is 29.3 Å². The van der Waals surface area contributed by atoms with Crippen LogP contribution in [0.4, 0.5) is 15.0 Å². The highest BCUT2D eigenvalue weighted by Gasteiger charge is 2.04. The molecule has 0 bridgehead atoms. The van der Waals surface area contributed by atoms with Crippen LogP contribution < -0.4 is 16.2 Å². The first-order valence-corrected chi connectivity index (χ1v) is 4.69. The summed E-state index contributed by atoms with van der Waals surface area (Å²) in [6.45, 7) is -0.442. The van der Waals surface area contributed by atoms with Crippen molar-refractivity contribution in [2.75, 3.05) is 11.9 Å². The molecule has 0 fully saturated rings. The topological polar surface area (TPSA) is 70.2 Å². The van der Waals surface area contributed by atoms with Crippen LogP contribution in [0.25, 0.3) is 0 Å². The largest absolute Gasteiger partial charge is 0.329 e. The number of carbonyl (C=O) groups excluding carboxylic acids is 2. The lowest BCUT2D eigenvalue weighted by Gasteiger charge is -2.06. The summed E-state index contributed by atoms with van der Waals surface area (Å²) in [4.78, 5) is 21.6. The lowest BCUT2D eigenvalue weighted by molar-refractivity contribution is -0.124. The summed E-state index contributed by atoms with van der Waals surface area (Å²) in [5.41, 5.74) is 1.37. The van der Waals surface area contributed by atoms with E-state index in [4.69, 9.17) is 11.6 Å². The Balaban J connectivity index is 2.43. The van der Waals surface area contributed by atoms with Gasteiger partial charge >= 0.3 is 6.03 Å². The van der Waals surface area contributed by atoms with Crippen LogP contribution in [0.2, 0.25) is 5.02 Å². The van der Waals surface area contributed by atoms with Crippen LogP contribution in [0.5, 0.6) is 0 Å². The fraction of sp³-hybridized carbons (Fsp3) is 0.111. The number of hydrogen-bond acceptors (Lipinski definition) is 2. The Labute approximate surface area is 95.9 Å². The van der Waals surface area contributed by atoms with E-state index in [-0.39, 0.29) is 0 Å². The monoisotopic (exact) mass is 245 g/mol. The molecule has 86 valence electrons. The van der Waals surface area contributed by atoms with E-state index in [1.54, 1.807) is 18.2 Å². The highest BCUT2D eigenvalue weighted by Crippen LogP contribution is 2.14. The molecule has 0 aliphatic carbocycles. The van der Waals surface area contributed by atoms with Gasteiger partial charge in [-0.05, 0) is 18.2 Å². The predicted octanol–water partition coefficient (Wildman–Crippen LogP) is 1.46. The SMILES string of the molecule is O=C(CNC(=O)Nc1cccc(Cl)c1)NF. The number of benzene rings is 1. The van der Waals surface area contributed by atoms with Crippen LogP contribution in [0.1, 0.15) is 0 Å². The first kappa shape index (κ1) is 12.3. The minimum absolute atomic E-state index is 0.442. The number of carbonyl (C=O) groups is 2. The van der Waals surface area contributed by atoms with Gasteiger partial charge in [0.15, 0.2) is 0 Å². The number of anilines is 1. The Kier molecular flexibility index (Phi) is 4.53. The number of halogens is 2. The van der Waals surface area contributed by atoms with E-state index >= 15 is 0 Å². The maximum Gasteiger partial charge on any atom is 0.319 e. The molecule has 3 N–H and O–H groups in total. The van der Waals surface area contributed by atoms with Gasteiger partial charge in [-0.25, -0.2) is 4.79 Å². The van der Waals surface area contributed by atoms with Crippen molar-refractivity contribution in [2.45, 2.75) is 0 Å². The molecule has 1 aromatic carbocycles. The Morgan fingerprint density at radius 1 is 1.38 bits per heavy atom. The van der Waals surface area contributed by atoms with Crippen molar-refractivity contribution in [3.8, 4) is 0 Å². The molecule has 0 unspecified atom stereocenters. The molecule has 0 saturated heterocycles. The Morgan fingerprint density at radius 2 is 2.12 bits per heavy atom. The fourth-order valence-electron chi connectivity index (χ4n) is 0.935. The second kappa shape index (κ2) is 5.92. The first-order valence-electron chi connectivity index (χ1n) is 4.31. The van der Waals surface area contributed by atoms with Gasteiger partial charge < -0.3 is 10.6 Å². The van der Waals surface area contributed by atoms with Gasteiger partial charge in [0.2, 0.25) is 0 Å². The van der Waals surface area contributed by atoms with Crippen LogP contribution in [-0.2, 0) is 4.79 Å². The van der Waals surface area contributed by atoms with Gasteiger partial charge in [0.25, 0.3) is 5.91 Å². The van der Waals surface area contributed by atoms with Crippen LogP contribution >= 0.6 is 11.6 Å². The maximum atomic E-state index is 11.5. The lowest BCUT2D eigenvalue weighted by Crippen LogP contribution is -2.36. The predicted molar refractivity (Wildman–Crippen MR) is 57.7 cm³/mol. The van der Waals surface area contributed by atoms with Crippen molar-refractivity contribution in [1.29, 1.82) is 0 Å². The van der Waals surface area contributed by atoms with Crippen LogP contribution in [-0.4, -0.2) is 18.5 Å². The molecule has 0 saturated carbocycles. The molecule has 7 heteroatoms. The van der Waals surface area contributed by atoms with Crippen molar-refractivity contribution in [1.82, 2.24) is 10.9 Å². The molecule has 0 atom stereocenters. The van der Waals surface area contributed by atoms with Crippen molar-refractivity contribution >= 4 is 29.2 Å². The first-order chi connectivity index (χ1) is 7.61. The zero-order valence-electron chi connectivity index (χ0n) is 8.09. The normalized spacial score (nSPS) is 9.38. The third-order valence-electron chi connectivity index (χ3n) is 1.60. The molecule has 1 aromatic rings. The van der Waals surface area contributed by atoms with Crippen LogP contribution in [0.3, 0.4) is 0 Å². The second-order valence-corrected chi connectivity index (χ2v) is 3.27. The summed E-state index contributed by atoms with van der Waals surface area (Å²) in [5.74, 6) is -0.929. The zero-order valence-corrected chi connectivity index (χ0v) is 8.84. The van der Waals surface area contributed by atoms with Gasteiger partial charge in [0.05, 0.1) is 0 Å². The average molecular weight is 246 g/mol. The summed E-state index contributed by atoms with van der Waals surface area (Å²) in [7, 11) is 0. The Hall–Kier alpha value is -1.82. The number of rotatable bonds is 3. The quantitative estimate of drug-likeness (QED) is 0.706. The molecule has 0 aliphatic heterocycles. The number of amides is 3. The summed E-state index contributed by atoms with van der Waals surface area (Å²) < 4.78 is 11.5. The van der Waals surface area contributed by atoms with E-state index in [2.05, 4.69) is 10.6 Å². The average Bonchev–Trinajstić information content (AvgIpc) is 2.26. The van der Waals surface area contributed by atoms with Gasteiger partial charge in [-0.1, -0.05) is 17.7 Å². The molecule has 5 nitrogen and oxygen atoms in total. The minimum atomic E-state index is -0.929. The van der Waals surface area contributed by atoms with E-state index in [0.29, 0.717) is 10.7 Å². The fourth-order valence-corrected chi connectivity index (χ4v) is 1.13. The molecule has 0 spiro atoms. The van der Waals surface area contributed by atoms with Gasteiger partial charge in [0.1, 0.15) is 6.54 Å². The summed E-state index contributed by atoms with van der Waals surface area (Å²) in [6, 6.07) is 5.86. The van der Waals surface area contributed by atoms with Crippen LogP contribution in [0.15, 0.2) is 24.3 Å². The highest BCUT2D eigenvalue weighted by molar-refractivity contribution is 6.30. The maximum absolute atomic E-state index is 11.5. The molecule has 3 amide bonds. The van der Waals surface area contributed by atoms with Gasteiger partial charge in [0, 0.05) is 10.7 Å².